The molecule has 0 saturated carbocycles. The second-order valence-corrected chi connectivity index (χ2v) is 17.8. The Hall–Kier alpha value is -5.78. The number of aromatic nitrogens is 4. The van der Waals surface area contributed by atoms with Crippen LogP contribution in [-0.2, 0) is 0 Å². The lowest BCUT2D eigenvalue weighted by Gasteiger charge is -2.33. The molecule has 12 rings (SSSR count). The molecule has 58 heavy (non-hydrogen) atoms. The molecule has 2 aliphatic heterocycles. The van der Waals surface area contributed by atoms with E-state index in [0.29, 0.717) is 0 Å². The highest BCUT2D eigenvalue weighted by molar-refractivity contribution is 9.10. The molecule has 2 aromatic heterocycles. The SMILES string of the molecule is Brc1ccc2nc3cc(Br)ccc3nc2c1.c1ccc2c(c1)Sc1ccccc1N2c1ccc2nc3cc(N4c5ccccc5Sc5ccccc54)ccc3nc2c1. The third-order valence-electron chi connectivity index (χ3n) is 10.1. The molecule has 0 bridgehead atoms. The third kappa shape index (κ3) is 6.37. The number of nitrogens with zero attached hydrogens (tertiary/aromatic N) is 6. The fourth-order valence-electron chi connectivity index (χ4n) is 7.52. The fourth-order valence-corrected chi connectivity index (χ4v) is 10.3. The largest absolute Gasteiger partial charge is 0.308 e. The van der Waals surface area contributed by atoms with E-state index in [-0.39, 0.29) is 0 Å². The van der Waals surface area contributed by atoms with Crippen molar-refractivity contribution in [2.75, 3.05) is 9.80 Å². The number of fused-ring (bicyclic) bond motifs is 8. The average Bonchev–Trinajstić information content (AvgIpc) is 3.26. The molecular weight excluding hydrogens is 885 g/mol. The number of anilines is 6. The Balaban J connectivity index is 0.000000201. The van der Waals surface area contributed by atoms with E-state index in [0.717, 1.165) is 64.5 Å². The molecule has 10 aromatic rings. The van der Waals surface area contributed by atoms with Crippen LogP contribution in [0.25, 0.3) is 44.1 Å². The highest BCUT2D eigenvalue weighted by atomic mass is 79.9. The van der Waals surface area contributed by atoms with E-state index >= 15 is 0 Å². The van der Waals surface area contributed by atoms with Gasteiger partial charge in [-0.2, -0.15) is 0 Å². The lowest BCUT2D eigenvalue weighted by molar-refractivity contribution is 1.16. The summed E-state index contributed by atoms with van der Waals surface area (Å²) in [5.41, 5.74) is 14.0. The second kappa shape index (κ2) is 14.6. The van der Waals surface area contributed by atoms with Crippen LogP contribution in [0, 0.1) is 0 Å². The van der Waals surface area contributed by atoms with E-state index in [1.54, 1.807) is 0 Å². The molecule has 0 fully saturated rings. The molecule has 0 aliphatic carbocycles. The maximum absolute atomic E-state index is 5.10. The van der Waals surface area contributed by atoms with Crippen molar-refractivity contribution in [2.45, 2.75) is 19.6 Å². The molecule has 10 heteroatoms. The number of benzene rings is 8. The van der Waals surface area contributed by atoms with Gasteiger partial charge in [-0.05, 0) is 121 Å². The Labute approximate surface area is 359 Å². The topological polar surface area (TPSA) is 58.0 Å². The van der Waals surface area contributed by atoms with Crippen molar-refractivity contribution < 1.29 is 0 Å². The van der Waals surface area contributed by atoms with Crippen LogP contribution in [0.2, 0.25) is 0 Å². The lowest BCUT2D eigenvalue weighted by Crippen LogP contribution is -2.15. The van der Waals surface area contributed by atoms with E-state index in [1.807, 2.05) is 59.9 Å². The van der Waals surface area contributed by atoms with Gasteiger partial charge in [0.25, 0.3) is 0 Å². The van der Waals surface area contributed by atoms with E-state index < -0.39 is 0 Å². The molecule has 4 heterocycles. The summed E-state index contributed by atoms with van der Waals surface area (Å²) in [6.07, 6.45) is 0. The molecular formula is C48H28Br2N6S2. The first-order valence-corrected chi connectivity index (χ1v) is 21.8. The maximum atomic E-state index is 5.10. The Morgan fingerprint density at radius 3 is 0.948 bits per heavy atom. The molecule has 0 atom stereocenters. The Morgan fingerprint density at radius 1 is 0.310 bits per heavy atom. The van der Waals surface area contributed by atoms with E-state index in [1.165, 1.54) is 42.3 Å². The standard InChI is InChI=1S/C36H22N4S2.C12H6Br2N2/c1-5-13-33-29(9-1)39(30-10-2-6-14-34(30)41-33)23-17-19-25-27(21-23)37-26-20-18-24(22-28(26)38-25)40-31-11-3-7-15-35(31)42-36-16-8-4-12-32(36)40;13-7-1-3-9-11(5-7)16-10-4-2-8(14)6-12(10)15-9/h1-22H;1-6H. The molecule has 2 aliphatic rings. The quantitative estimate of drug-likeness (QED) is 0.159. The Morgan fingerprint density at radius 2 is 0.603 bits per heavy atom. The van der Waals surface area contributed by atoms with Crippen molar-refractivity contribution in [2.24, 2.45) is 0 Å². The minimum Gasteiger partial charge on any atom is -0.308 e. The first kappa shape index (κ1) is 35.4. The van der Waals surface area contributed by atoms with E-state index in [4.69, 9.17) is 9.97 Å². The molecule has 0 amide bonds. The summed E-state index contributed by atoms with van der Waals surface area (Å²) in [4.78, 5) is 29.0. The zero-order valence-corrected chi connectivity index (χ0v) is 35.2. The number of rotatable bonds is 2. The number of para-hydroxylation sites is 4. The van der Waals surface area contributed by atoms with Gasteiger partial charge in [-0.15, -0.1) is 0 Å². The summed E-state index contributed by atoms with van der Waals surface area (Å²) in [5.74, 6) is 0. The van der Waals surface area contributed by atoms with Crippen molar-refractivity contribution in [1.82, 2.24) is 19.9 Å². The van der Waals surface area contributed by atoms with Crippen LogP contribution in [0.15, 0.2) is 198 Å². The molecule has 8 aromatic carbocycles. The Bertz CT molecular complexity index is 2960. The van der Waals surface area contributed by atoms with Crippen molar-refractivity contribution in [3.05, 3.63) is 179 Å². The summed E-state index contributed by atoms with van der Waals surface area (Å²) in [6, 6.07) is 59.0. The maximum Gasteiger partial charge on any atom is 0.0915 e. The predicted octanol–water partition coefficient (Wildman–Crippen LogP) is 15.0. The van der Waals surface area contributed by atoms with E-state index in [9.17, 15) is 0 Å². The van der Waals surface area contributed by atoms with Crippen LogP contribution >= 0.6 is 55.4 Å². The van der Waals surface area contributed by atoms with Crippen molar-refractivity contribution in [1.29, 1.82) is 0 Å². The Kier molecular flexibility index (Phi) is 8.88. The molecule has 276 valence electrons. The molecule has 6 nitrogen and oxygen atoms in total. The average molecular weight is 913 g/mol. The normalized spacial score (nSPS) is 12.8. The summed E-state index contributed by atoms with van der Waals surface area (Å²) in [6.45, 7) is 0. The third-order valence-corrected chi connectivity index (χ3v) is 13.4. The van der Waals surface area contributed by atoms with Crippen LogP contribution < -0.4 is 9.80 Å². The van der Waals surface area contributed by atoms with Crippen molar-refractivity contribution in [3.63, 3.8) is 0 Å². The van der Waals surface area contributed by atoms with Crippen LogP contribution in [0.5, 0.6) is 0 Å². The molecule has 0 saturated heterocycles. The number of halogens is 2. The van der Waals surface area contributed by atoms with Gasteiger partial charge in [0.05, 0.1) is 66.9 Å². The van der Waals surface area contributed by atoms with Gasteiger partial charge in [-0.3, -0.25) is 0 Å². The van der Waals surface area contributed by atoms with Gasteiger partial charge in [0.2, 0.25) is 0 Å². The fraction of sp³-hybridized carbons (Fsp3) is 0. The van der Waals surface area contributed by atoms with Crippen LogP contribution in [0.1, 0.15) is 0 Å². The lowest BCUT2D eigenvalue weighted by atomic mass is 10.1. The summed E-state index contributed by atoms with van der Waals surface area (Å²) >= 11 is 10.5. The number of hydrogen-bond donors (Lipinski definition) is 0. The molecule has 0 radical (unpaired) electrons. The second-order valence-electron chi connectivity index (χ2n) is 13.8. The highest BCUT2D eigenvalue weighted by Gasteiger charge is 2.26. The summed E-state index contributed by atoms with van der Waals surface area (Å²) in [7, 11) is 0. The zero-order valence-electron chi connectivity index (χ0n) is 30.4. The van der Waals surface area contributed by atoms with Gasteiger partial charge in [-0.25, -0.2) is 19.9 Å². The van der Waals surface area contributed by atoms with Crippen LogP contribution in [0.4, 0.5) is 34.1 Å². The minimum atomic E-state index is 0.881. The first-order chi connectivity index (χ1) is 28.5. The molecule has 0 spiro atoms. The van der Waals surface area contributed by atoms with Crippen LogP contribution in [-0.4, -0.2) is 19.9 Å². The van der Waals surface area contributed by atoms with Gasteiger partial charge < -0.3 is 9.80 Å². The highest BCUT2D eigenvalue weighted by Crippen LogP contribution is 2.53. The predicted molar refractivity (Wildman–Crippen MR) is 247 cm³/mol. The van der Waals surface area contributed by atoms with Crippen molar-refractivity contribution >= 4 is 134 Å². The smallest absolute Gasteiger partial charge is 0.0915 e. The van der Waals surface area contributed by atoms with E-state index in [2.05, 4.69) is 185 Å². The van der Waals surface area contributed by atoms with Gasteiger partial charge in [-0.1, -0.05) is 104 Å². The number of hydrogen-bond acceptors (Lipinski definition) is 8. The zero-order chi connectivity index (χ0) is 38.7. The van der Waals surface area contributed by atoms with Gasteiger partial charge in [0.1, 0.15) is 0 Å². The van der Waals surface area contributed by atoms with Crippen molar-refractivity contribution in [3.8, 4) is 0 Å². The van der Waals surface area contributed by atoms with Crippen LogP contribution in [0.3, 0.4) is 0 Å². The summed E-state index contributed by atoms with van der Waals surface area (Å²) in [5, 5.41) is 0. The van der Waals surface area contributed by atoms with Gasteiger partial charge >= 0.3 is 0 Å². The molecule has 0 N–H and O–H groups in total. The minimum absolute atomic E-state index is 0.881. The first-order valence-electron chi connectivity index (χ1n) is 18.6. The summed E-state index contributed by atoms with van der Waals surface area (Å²) < 4.78 is 2.04. The monoisotopic (exact) mass is 910 g/mol. The molecule has 0 unspecified atom stereocenters. The van der Waals surface area contributed by atoms with Gasteiger partial charge in [0, 0.05) is 39.9 Å². The van der Waals surface area contributed by atoms with Gasteiger partial charge in [0.15, 0.2) is 0 Å².